The molecule has 0 heterocycles. The summed E-state index contributed by atoms with van der Waals surface area (Å²) in [6, 6.07) is 17.8. The van der Waals surface area contributed by atoms with Crippen molar-refractivity contribution >= 4 is 17.5 Å². The maximum atomic E-state index is 13.8. The third-order valence-electron chi connectivity index (χ3n) is 6.16. The topological polar surface area (TPSA) is 75.4 Å². The Bertz CT molecular complexity index is 1170. The fraction of sp³-hybridized carbons (Fsp3) is 0.259. The third-order valence-corrected chi connectivity index (χ3v) is 6.16. The highest BCUT2D eigenvalue weighted by Crippen LogP contribution is 2.26. The first-order valence-electron chi connectivity index (χ1n) is 11.4. The summed E-state index contributed by atoms with van der Waals surface area (Å²) < 4.78 is 27.0. The van der Waals surface area contributed by atoms with Crippen LogP contribution in [-0.2, 0) is 6.54 Å². The second kappa shape index (κ2) is 10.6. The van der Waals surface area contributed by atoms with Crippen molar-refractivity contribution in [2.45, 2.75) is 44.3 Å². The smallest absolute Gasteiger partial charge is 0.255 e. The number of hydrogen-bond donors (Lipinski definition) is 2. The Kier molecular flexibility index (Phi) is 7.33. The lowest BCUT2D eigenvalue weighted by Crippen LogP contribution is -2.51. The van der Waals surface area contributed by atoms with Crippen LogP contribution in [0.5, 0.6) is 0 Å². The van der Waals surface area contributed by atoms with Crippen molar-refractivity contribution in [2.75, 3.05) is 5.32 Å². The van der Waals surface area contributed by atoms with Crippen LogP contribution in [0.2, 0.25) is 0 Å². The third kappa shape index (κ3) is 5.66. The molecular weight excluding hydrogens is 436 g/mol. The zero-order valence-electron chi connectivity index (χ0n) is 18.7. The Labute approximate surface area is 197 Å². The first kappa shape index (κ1) is 23.6. The molecule has 176 valence electrons. The molecule has 4 rings (SSSR count). The molecule has 2 unspecified atom stereocenters. The van der Waals surface area contributed by atoms with Gasteiger partial charge in [-0.2, -0.15) is 0 Å². The van der Waals surface area contributed by atoms with Crippen molar-refractivity contribution < 1.29 is 18.4 Å². The molecule has 1 aliphatic carbocycles. The van der Waals surface area contributed by atoms with Gasteiger partial charge in [-0.05, 0) is 73.0 Å². The van der Waals surface area contributed by atoms with Gasteiger partial charge in [0.05, 0.1) is 0 Å². The lowest BCUT2D eigenvalue weighted by molar-refractivity contribution is 0.0583. The summed E-state index contributed by atoms with van der Waals surface area (Å²) in [5, 5.41) is 2.81. The number of nitrogens with zero attached hydrogens (tertiary/aromatic N) is 1. The van der Waals surface area contributed by atoms with Gasteiger partial charge < -0.3 is 16.0 Å². The van der Waals surface area contributed by atoms with Gasteiger partial charge in [0.1, 0.15) is 11.6 Å². The molecule has 0 radical (unpaired) electrons. The van der Waals surface area contributed by atoms with E-state index in [1.165, 1.54) is 42.5 Å². The zero-order valence-corrected chi connectivity index (χ0v) is 18.7. The van der Waals surface area contributed by atoms with E-state index in [1.807, 2.05) is 6.07 Å². The molecule has 2 atom stereocenters. The van der Waals surface area contributed by atoms with Crippen molar-refractivity contribution in [2.24, 2.45) is 5.73 Å². The number of rotatable bonds is 6. The normalized spacial score (nSPS) is 17.7. The molecule has 7 heteroatoms. The van der Waals surface area contributed by atoms with Gasteiger partial charge in [-0.15, -0.1) is 0 Å². The summed E-state index contributed by atoms with van der Waals surface area (Å²) in [4.78, 5) is 27.7. The molecule has 3 N–H and O–H groups in total. The van der Waals surface area contributed by atoms with Crippen molar-refractivity contribution in [3.8, 4) is 0 Å². The van der Waals surface area contributed by atoms with Gasteiger partial charge in [0, 0.05) is 35.4 Å². The summed E-state index contributed by atoms with van der Waals surface area (Å²) in [6.45, 7) is 0.272. The van der Waals surface area contributed by atoms with E-state index < -0.39 is 11.6 Å². The Hall–Kier alpha value is -3.58. The minimum Gasteiger partial charge on any atom is -0.330 e. The second-order valence-corrected chi connectivity index (χ2v) is 8.62. The zero-order chi connectivity index (χ0) is 24.1. The van der Waals surface area contributed by atoms with E-state index in [1.54, 1.807) is 29.2 Å². The number of hydrogen-bond acceptors (Lipinski definition) is 3. The van der Waals surface area contributed by atoms with Crippen molar-refractivity contribution in [3.05, 3.63) is 101 Å². The Balaban J connectivity index is 1.56. The molecule has 0 spiro atoms. The Morgan fingerprint density at radius 1 is 0.882 bits per heavy atom. The Morgan fingerprint density at radius 3 is 2.35 bits per heavy atom. The van der Waals surface area contributed by atoms with Crippen LogP contribution in [0, 0.1) is 11.6 Å². The highest BCUT2D eigenvalue weighted by molar-refractivity contribution is 6.04. The predicted molar refractivity (Wildman–Crippen MR) is 127 cm³/mol. The minimum absolute atomic E-state index is 0.160. The monoisotopic (exact) mass is 463 g/mol. The number of halogens is 2. The van der Waals surface area contributed by atoms with Gasteiger partial charge in [-0.3, -0.25) is 9.59 Å². The molecular formula is C27H27F2N3O2. The maximum absolute atomic E-state index is 13.8. The SMILES string of the molecule is NC1CCCCC1N(Cc1cccc(NC(=O)c2ccc(F)cc2)c1)C(=O)c1cccc(F)c1. The standard InChI is InChI=1S/C27H27F2N3O2/c28-21-13-11-19(12-14-21)26(33)31-23-8-3-5-18(15-23)17-32(25-10-2-1-9-24(25)30)27(34)20-6-4-7-22(29)16-20/h3-8,11-16,24-25H,1-2,9-10,17,30H2,(H,31,33). The van der Waals surface area contributed by atoms with Gasteiger partial charge >= 0.3 is 0 Å². The van der Waals surface area contributed by atoms with Crippen molar-refractivity contribution in [1.29, 1.82) is 0 Å². The van der Waals surface area contributed by atoms with Crippen LogP contribution in [0.15, 0.2) is 72.8 Å². The second-order valence-electron chi connectivity index (χ2n) is 8.62. The molecule has 1 saturated carbocycles. The summed E-state index contributed by atoms with van der Waals surface area (Å²) in [5.74, 6) is -1.52. The van der Waals surface area contributed by atoms with E-state index in [0.717, 1.165) is 31.2 Å². The highest BCUT2D eigenvalue weighted by Gasteiger charge is 2.31. The fourth-order valence-electron chi connectivity index (χ4n) is 4.40. The molecule has 1 aliphatic rings. The molecule has 0 aliphatic heterocycles. The molecule has 2 amide bonds. The molecule has 0 saturated heterocycles. The predicted octanol–water partition coefficient (Wildman–Crippen LogP) is 5.13. The average molecular weight is 464 g/mol. The van der Waals surface area contributed by atoms with Crippen molar-refractivity contribution in [1.82, 2.24) is 4.90 Å². The van der Waals surface area contributed by atoms with Crippen molar-refractivity contribution in [3.63, 3.8) is 0 Å². The lowest BCUT2D eigenvalue weighted by Gasteiger charge is -2.38. The first-order chi connectivity index (χ1) is 16.4. The number of nitrogens with one attached hydrogen (secondary N) is 1. The van der Waals surface area contributed by atoms with Crippen LogP contribution in [0.3, 0.4) is 0 Å². The Morgan fingerprint density at radius 2 is 1.62 bits per heavy atom. The van der Waals surface area contributed by atoms with Gasteiger partial charge in [0.25, 0.3) is 11.8 Å². The van der Waals surface area contributed by atoms with Gasteiger partial charge in [0.2, 0.25) is 0 Å². The maximum Gasteiger partial charge on any atom is 0.255 e. The average Bonchev–Trinajstić information content (AvgIpc) is 2.83. The van der Waals surface area contributed by atoms with E-state index in [9.17, 15) is 18.4 Å². The van der Waals surface area contributed by atoms with Crippen LogP contribution in [0.25, 0.3) is 0 Å². The number of nitrogens with two attached hydrogens (primary N) is 1. The molecule has 3 aromatic carbocycles. The van der Waals surface area contributed by atoms with Crippen LogP contribution >= 0.6 is 0 Å². The van der Waals surface area contributed by atoms with Crippen LogP contribution < -0.4 is 11.1 Å². The van der Waals surface area contributed by atoms with Crippen LogP contribution in [0.4, 0.5) is 14.5 Å². The fourth-order valence-corrected chi connectivity index (χ4v) is 4.40. The molecule has 0 aromatic heterocycles. The molecule has 3 aromatic rings. The summed E-state index contributed by atoms with van der Waals surface area (Å²) >= 11 is 0. The highest BCUT2D eigenvalue weighted by atomic mass is 19.1. The van der Waals surface area contributed by atoms with Gasteiger partial charge in [-0.1, -0.05) is 31.0 Å². The van der Waals surface area contributed by atoms with E-state index in [2.05, 4.69) is 5.32 Å². The van der Waals surface area contributed by atoms with Crippen LogP contribution in [-0.4, -0.2) is 28.8 Å². The van der Waals surface area contributed by atoms with E-state index in [4.69, 9.17) is 5.73 Å². The van der Waals surface area contributed by atoms with E-state index in [0.29, 0.717) is 11.3 Å². The number of carbonyl (C=O) groups is 2. The number of benzene rings is 3. The summed E-state index contributed by atoms with van der Waals surface area (Å²) in [6.07, 6.45) is 3.60. The van der Waals surface area contributed by atoms with Gasteiger partial charge in [0.15, 0.2) is 0 Å². The largest absolute Gasteiger partial charge is 0.330 e. The number of carbonyl (C=O) groups excluding carboxylic acids is 2. The first-order valence-corrected chi connectivity index (χ1v) is 11.4. The summed E-state index contributed by atoms with van der Waals surface area (Å²) in [5.41, 5.74) is 8.37. The number of anilines is 1. The lowest BCUT2D eigenvalue weighted by atomic mass is 9.89. The summed E-state index contributed by atoms with van der Waals surface area (Å²) in [7, 11) is 0. The number of amides is 2. The van der Waals surface area contributed by atoms with Crippen LogP contribution in [0.1, 0.15) is 52.0 Å². The molecule has 0 bridgehead atoms. The molecule has 34 heavy (non-hydrogen) atoms. The minimum atomic E-state index is -0.468. The van der Waals surface area contributed by atoms with E-state index in [-0.39, 0.29) is 36.0 Å². The molecule has 5 nitrogen and oxygen atoms in total. The quantitative estimate of drug-likeness (QED) is 0.532. The molecule has 1 fully saturated rings. The van der Waals surface area contributed by atoms with Gasteiger partial charge in [-0.25, -0.2) is 8.78 Å². The van der Waals surface area contributed by atoms with E-state index >= 15 is 0 Å².